The predicted molar refractivity (Wildman–Crippen MR) is 74.5 cm³/mol. The SMILES string of the molecule is Cc1c(F)cc(C#N)cc1NCc1cc(C(=O)O)cs1. The van der Waals surface area contributed by atoms with Crippen molar-refractivity contribution in [3.05, 3.63) is 51.0 Å². The number of rotatable bonds is 4. The lowest BCUT2D eigenvalue weighted by Crippen LogP contribution is -2.02. The largest absolute Gasteiger partial charge is 0.478 e. The van der Waals surface area contributed by atoms with Crippen LogP contribution in [0.5, 0.6) is 0 Å². The van der Waals surface area contributed by atoms with Crippen molar-refractivity contribution in [2.75, 3.05) is 5.32 Å². The smallest absolute Gasteiger partial charge is 0.336 e. The van der Waals surface area contributed by atoms with Crippen molar-refractivity contribution >= 4 is 23.0 Å². The van der Waals surface area contributed by atoms with Gasteiger partial charge >= 0.3 is 5.97 Å². The molecule has 102 valence electrons. The molecule has 4 nitrogen and oxygen atoms in total. The first kappa shape index (κ1) is 14.0. The number of hydrogen-bond acceptors (Lipinski definition) is 4. The number of carboxylic acids is 1. The highest BCUT2D eigenvalue weighted by Crippen LogP contribution is 2.22. The Balaban J connectivity index is 2.16. The van der Waals surface area contributed by atoms with Crippen molar-refractivity contribution in [1.82, 2.24) is 0 Å². The Bertz CT molecular complexity index is 704. The molecule has 0 amide bonds. The number of nitrogens with one attached hydrogen (secondary N) is 1. The van der Waals surface area contributed by atoms with E-state index in [0.717, 1.165) is 4.88 Å². The van der Waals surface area contributed by atoms with Crippen LogP contribution in [0.2, 0.25) is 0 Å². The standard InChI is InChI=1S/C14H11FN2O2S/c1-8-12(15)2-9(5-16)3-13(8)17-6-11-4-10(7-20-11)14(18)19/h2-4,7,17H,6H2,1H3,(H,18,19). The van der Waals surface area contributed by atoms with E-state index in [1.165, 1.54) is 17.4 Å². The molecule has 0 saturated heterocycles. The Morgan fingerprint density at radius 3 is 2.85 bits per heavy atom. The number of hydrogen-bond donors (Lipinski definition) is 2. The summed E-state index contributed by atoms with van der Waals surface area (Å²) in [5.74, 6) is -1.41. The van der Waals surface area contributed by atoms with Crippen molar-refractivity contribution in [3.63, 3.8) is 0 Å². The molecule has 1 aromatic heterocycles. The van der Waals surface area contributed by atoms with Gasteiger partial charge < -0.3 is 10.4 Å². The second-order valence-corrected chi connectivity index (χ2v) is 5.20. The molecule has 1 heterocycles. The number of halogens is 1. The molecule has 0 fully saturated rings. The van der Waals surface area contributed by atoms with Crippen molar-refractivity contribution in [2.45, 2.75) is 13.5 Å². The van der Waals surface area contributed by atoms with Crippen LogP contribution in [0, 0.1) is 24.1 Å². The van der Waals surface area contributed by atoms with Crippen LogP contribution >= 0.6 is 11.3 Å². The number of carbonyl (C=O) groups is 1. The minimum Gasteiger partial charge on any atom is -0.478 e. The van der Waals surface area contributed by atoms with E-state index in [0.29, 0.717) is 17.8 Å². The van der Waals surface area contributed by atoms with Gasteiger partial charge in [0.05, 0.1) is 17.2 Å². The minimum absolute atomic E-state index is 0.237. The number of nitrogens with zero attached hydrogens (tertiary/aromatic N) is 1. The maximum absolute atomic E-state index is 13.6. The van der Waals surface area contributed by atoms with Gasteiger partial charge in [0.15, 0.2) is 0 Å². The van der Waals surface area contributed by atoms with Crippen molar-refractivity contribution < 1.29 is 14.3 Å². The Hall–Kier alpha value is -2.39. The van der Waals surface area contributed by atoms with Gasteiger partial charge in [-0.3, -0.25) is 0 Å². The number of benzene rings is 1. The lowest BCUT2D eigenvalue weighted by molar-refractivity contribution is 0.0697. The quantitative estimate of drug-likeness (QED) is 0.905. The second kappa shape index (κ2) is 5.72. The fraction of sp³-hybridized carbons (Fsp3) is 0.143. The molecule has 0 aliphatic rings. The molecule has 0 unspecified atom stereocenters. The van der Waals surface area contributed by atoms with E-state index in [4.69, 9.17) is 10.4 Å². The van der Waals surface area contributed by atoms with Gasteiger partial charge in [-0.05, 0) is 25.1 Å². The number of anilines is 1. The van der Waals surface area contributed by atoms with Crippen LogP contribution in [0.1, 0.15) is 26.4 Å². The average Bonchev–Trinajstić information content (AvgIpc) is 2.89. The molecule has 20 heavy (non-hydrogen) atoms. The summed E-state index contributed by atoms with van der Waals surface area (Å²) >= 11 is 1.32. The van der Waals surface area contributed by atoms with Crippen LogP contribution in [0.4, 0.5) is 10.1 Å². The zero-order chi connectivity index (χ0) is 14.7. The summed E-state index contributed by atoms with van der Waals surface area (Å²) in [5, 5.41) is 22.2. The highest BCUT2D eigenvalue weighted by Gasteiger charge is 2.09. The zero-order valence-electron chi connectivity index (χ0n) is 10.6. The van der Waals surface area contributed by atoms with Gasteiger partial charge in [0.1, 0.15) is 5.82 Å². The maximum Gasteiger partial charge on any atom is 0.336 e. The molecule has 0 bridgehead atoms. The van der Waals surface area contributed by atoms with Crippen LogP contribution in [-0.2, 0) is 6.54 Å². The molecule has 0 saturated carbocycles. The first-order chi connectivity index (χ1) is 9.51. The van der Waals surface area contributed by atoms with E-state index in [2.05, 4.69) is 5.32 Å². The monoisotopic (exact) mass is 290 g/mol. The molecule has 0 aliphatic carbocycles. The van der Waals surface area contributed by atoms with E-state index in [1.54, 1.807) is 24.4 Å². The lowest BCUT2D eigenvalue weighted by Gasteiger charge is -2.09. The number of carboxylic acid groups (broad SMARTS) is 1. The van der Waals surface area contributed by atoms with E-state index in [9.17, 15) is 9.18 Å². The average molecular weight is 290 g/mol. The molecule has 0 spiro atoms. The number of nitriles is 1. The van der Waals surface area contributed by atoms with Crippen LogP contribution in [0.25, 0.3) is 0 Å². The summed E-state index contributed by atoms with van der Waals surface area (Å²) in [4.78, 5) is 11.6. The fourth-order valence-electron chi connectivity index (χ4n) is 1.69. The fourth-order valence-corrected chi connectivity index (χ4v) is 2.49. The van der Waals surface area contributed by atoms with Crippen molar-refractivity contribution in [1.29, 1.82) is 5.26 Å². The topological polar surface area (TPSA) is 73.1 Å². The molecule has 1 aromatic carbocycles. The molecule has 0 radical (unpaired) electrons. The highest BCUT2D eigenvalue weighted by atomic mass is 32.1. The van der Waals surface area contributed by atoms with Crippen molar-refractivity contribution in [2.24, 2.45) is 0 Å². The number of thiophene rings is 1. The summed E-state index contributed by atoms with van der Waals surface area (Å²) in [6.07, 6.45) is 0. The third kappa shape index (κ3) is 2.95. The lowest BCUT2D eigenvalue weighted by atomic mass is 10.1. The molecule has 0 aliphatic heterocycles. The van der Waals surface area contributed by atoms with E-state index in [1.807, 2.05) is 6.07 Å². The number of aromatic carboxylic acids is 1. The van der Waals surface area contributed by atoms with Crippen LogP contribution in [-0.4, -0.2) is 11.1 Å². The van der Waals surface area contributed by atoms with E-state index in [-0.39, 0.29) is 11.1 Å². The van der Waals surface area contributed by atoms with Crippen LogP contribution in [0.15, 0.2) is 23.6 Å². The summed E-state index contributed by atoms with van der Waals surface area (Å²) in [5.41, 5.74) is 1.44. The molecule has 2 rings (SSSR count). The molecular formula is C14H11FN2O2S. The van der Waals surface area contributed by atoms with Gasteiger partial charge in [-0.15, -0.1) is 11.3 Å². The van der Waals surface area contributed by atoms with Gasteiger partial charge in [0.25, 0.3) is 0 Å². The van der Waals surface area contributed by atoms with Crippen LogP contribution < -0.4 is 5.32 Å². The molecule has 6 heteroatoms. The molecule has 0 atom stereocenters. The van der Waals surface area contributed by atoms with Gasteiger partial charge in [-0.1, -0.05) is 0 Å². The van der Waals surface area contributed by atoms with Gasteiger partial charge in [-0.25, -0.2) is 9.18 Å². The second-order valence-electron chi connectivity index (χ2n) is 4.20. The summed E-state index contributed by atoms with van der Waals surface area (Å²) in [7, 11) is 0. The first-order valence-electron chi connectivity index (χ1n) is 5.76. The van der Waals surface area contributed by atoms with E-state index >= 15 is 0 Å². The minimum atomic E-state index is -0.971. The van der Waals surface area contributed by atoms with E-state index < -0.39 is 11.8 Å². The maximum atomic E-state index is 13.6. The van der Waals surface area contributed by atoms with Gasteiger partial charge in [0.2, 0.25) is 0 Å². The Labute approximate surface area is 119 Å². The summed E-state index contributed by atoms with van der Waals surface area (Å²) in [6.45, 7) is 2.00. The molecule has 2 N–H and O–H groups in total. The Kier molecular flexibility index (Phi) is 4.01. The third-order valence-electron chi connectivity index (χ3n) is 2.83. The van der Waals surface area contributed by atoms with Crippen molar-refractivity contribution in [3.8, 4) is 6.07 Å². The van der Waals surface area contributed by atoms with Crippen LogP contribution in [0.3, 0.4) is 0 Å². The zero-order valence-corrected chi connectivity index (χ0v) is 11.4. The third-order valence-corrected chi connectivity index (χ3v) is 3.76. The molecule has 2 aromatic rings. The summed E-state index contributed by atoms with van der Waals surface area (Å²) in [6, 6.07) is 6.23. The summed E-state index contributed by atoms with van der Waals surface area (Å²) < 4.78 is 13.6. The Morgan fingerprint density at radius 1 is 1.50 bits per heavy atom. The highest BCUT2D eigenvalue weighted by molar-refractivity contribution is 7.10. The first-order valence-corrected chi connectivity index (χ1v) is 6.64. The van der Waals surface area contributed by atoms with Gasteiger partial charge in [0, 0.05) is 28.1 Å². The van der Waals surface area contributed by atoms with Gasteiger partial charge in [-0.2, -0.15) is 5.26 Å². The Morgan fingerprint density at radius 2 is 2.25 bits per heavy atom. The normalized spacial score (nSPS) is 10.1. The molecular weight excluding hydrogens is 279 g/mol. The predicted octanol–water partition coefficient (Wildman–Crippen LogP) is 3.38.